The summed E-state index contributed by atoms with van der Waals surface area (Å²) in [4.78, 5) is 24.0. The maximum Gasteiger partial charge on any atom is 0.228 e. The monoisotopic (exact) mass is 343 g/mol. The van der Waals surface area contributed by atoms with Crippen molar-refractivity contribution in [3.05, 3.63) is 78.1 Å². The average Bonchev–Trinajstić information content (AvgIpc) is 3.05. The van der Waals surface area contributed by atoms with E-state index < -0.39 is 0 Å². The Morgan fingerprint density at radius 3 is 2.69 bits per heavy atom. The third kappa shape index (κ3) is 2.97. The molecule has 4 aromatic rings. The first-order chi connectivity index (χ1) is 12.6. The molecule has 0 saturated heterocycles. The van der Waals surface area contributed by atoms with Crippen LogP contribution in [0.25, 0.3) is 21.7 Å². The van der Waals surface area contributed by atoms with Gasteiger partial charge >= 0.3 is 0 Å². The van der Waals surface area contributed by atoms with Crippen LogP contribution in [0.1, 0.15) is 22.8 Å². The van der Waals surface area contributed by atoms with E-state index in [0.29, 0.717) is 11.3 Å². The van der Waals surface area contributed by atoms with Crippen LogP contribution in [0.4, 0.5) is 5.69 Å². The van der Waals surface area contributed by atoms with Crippen molar-refractivity contribution >= 4 is 39.1 Å². The summed E-state index contributed by atoms with van der Waals surface area (Å²) < 4.78 is 5.63. The molecule has 128 valence electrons. The van der Waals surface area contributed by atoms with Crippen molar-refractivity contribution in [2.24, 2.45) is 0 Å². The smallest absolute Gasteiger partial charge is 0.228 e. The molecule has 0 radical (unpaired) electrons. The summed E-state index contributed by atoms with van der Waals surface area (Å²) in [5, 5.41) is 6.00. The SMILES string of the molecule is CC(=O)c1cccc(NC(=O)Cc2coc3ccc4ccccc4c23)c1. The van der Waals surface area contributed by atoms with Crippen molar-refractivity contribution in [1.29, 1.82) is 0 Å². The van der Waals surface area contributed by atoms with Crippen molar-refractivity contribution in [2.75, 3.05) is 5.32 Å². The molecule has 1 N–H and O–H groups in total. The molecule has 0 unspecified atom stereocenters. The average molecular weight is 343 g/mol. The number of carbonyl (C=O) groups is 2. The van der Waals surface area contributed by atoms with Gasteiger partial charge in [-0.15, -0.1) is 0 Å². The highest BCUT2D eigenvalue weighted by molar-refractivity contribution is 6.09. The lowest BCUT2D eigenvalue weighted by Gasteiger charge is -2.06. The molecule has 0 aliphatic rings. The van der Waals surface area contributed by atoms with Gasteiger partial charge < -0.3 is 9.73 Å². The topological polar surface area (TPSA) is 59.3 Å². The molecule has 0 spiro atoms. The van der Waals surface area contributed by atoms with Crippen molar-refractivity contribution in [3.63, 3.8) is 0 Å². The van der Waals surface area contributed by atoms with Crippen LogP contribution in [0.5, 0.6) is 0 Å². The summed E-state index contributed by atoms with van der Waals surface area (Å²) in [6.07, 6.45) is 1.84. The number of fused-ring (bicyclic) bond motifs is 3. The Morgan fingerprint density at radius 2 is 1.85 bits per heavy atom. The van der Waals surface area contributed by atoms with Crippen LogP contribution < -0.4 is 5.32 Å². The normalized spacial score (nSPS) is 11.0. The number of ketones is 1. The first kappa shape index (κ1) is 16.1. The number of carbonyl (C=O) groups excluding carboxylic acids is 2. The summed E-state index contributed by atoms with van der Waals surface area (Å²) in [6, 6.07) is 18.9. The molecule has 0 atom stereocenters. The fraction of sp³-hybridized carbons (Fsp3) is 0.0909. The molecule has 4 heteroatoms. The van der Waals surface area contributed by atoms with E-state index >= 15 is 0 Å². The summed E-state index contributed by atoms with van der Waals surface area (Å²) in [5.41, 5.74) is 2.80. The molecule has 0 fully saturated rings. The van der Waals surface area contributed by atoms with Crippen LogP contribution in [0.2, 0.25) is 0 Å². The number of nitrogens with one attached hydrogen (secondary N) is 1. The Morgan fingerprint density at radius 1 is 1.00 bits per heavy atom. The molecule has 0 aliphatic carbocycles. The number of furan rings is 1. The number of hydrogen-bond donors (Lipinski definition) is 1. The molecule has 1 heterocycles. The van der Waals surface area contributed by atoms with Gasteiger partial charge in [0.2, 0.25) is 5.91 Å². The standard InChI is InChI=1S/C22H17NO3/c1-14(24)16-6-4-7-18(11-16)23-21(25)12-17-13-26-20-10-9-15-5-2-3-8-19(15)22(17)20/h2-11,13H,12H2,1H3,(H,23,25). The summed E-state index contributed by atoms with van der Waals surface area (Å²) in [5.74, 6) is -0.185. The minimum Gasteiger partial charge on any atom is -0.464 e. The second-order valence-electron chi connectivity index (χ2n) is 6.28. The number of amides is 1. The quantitative estimate of drug-likeness (QED) is 0.532. The molecule has 4 rings (SSSR count). The predicted octanol–water partition coefficient (Wildman–Crippen LogP) is 4.97. The van der Waals surface area contributed by atoms with Crippen LogP contribution in [0, 0.1) is 0 Å². The van der Waals surface area contributed by atoms with Crippen LogP contribution >= 0.6 is 0 Å². The number of hydrogen-bond acceptors (Lipinski definition) is 3. The highest BCUT2D eigenvalue weighted by atomic mass is 16.3. The maximum absolute atomic E-state index is 12.5. The second kappa shape index (κ2) is 6.48. The number of rotatable bonds is 4. The minimum absolute atomic E-state index is 0.0339. The van der Waals surface area contributed by atoms with Gasteiger partial charge in [0.25, 0.3) is 0 Å². The maximum atomic E-state index is 12.5. The van der Waals surface area contributed by atoms with E-state index in [9.17, 15) is 9.59 Å². The molecule has 0 saturated carbocycles. The van der Waals surface area contributed by atoms with Gasteiger partial charge in [-0.2, -0.15) is 0 Å². The largest absolute Gasteiger partial charge is 0.464 e. The highest BCUT2D eigenvalue weighted by Gasteiger charge is 2.13. The first-order valence-corrected chi connectivity index (χ1v) is 8.40. The van der Waals surface area contributed by atoms with Gasteiger partial charge in [0.05, 0.1) is 12.7 Å². The summed E-state index contributed by atoms with van der Waals surface area (Å²) >= 11 is 0. The number of anilines is 1. The van der Waals surface area contributed by atoms with Crippen molar-refractivity contribution in [3.8, 4) is 0 Å². The Kier molecular flexibility index (Phi) is 4.01. The summed E-state index contributed by atoms with van der Waals surface area (Å²) in [7, 11) is 0. The summed E-state index contributed by atoms with van der Waals surface area (Å²) in [6.45, 7) is 1.50. The Labute approximate surface area is 150 Å². The van der Waals surface area contributed by atoms with E-state index in [-0.39, 0.29) is 18.1 Å². The molecule has 4 nitrogen and oxygen atoms in total. The Balaban J connectivity index is 1.63. The van der Waals surface area contributed by atoms with Gasteiger partial charge in [-0.05, 0) is 35.9 Å². The molecule has 0 aliphatic heterocycles. The third-order valence-corrected chi connectivity index (χ3v) is 4.44. The van der Waals surface area contributed by atoms with Gasteiger partial charge in [0.1, 0.15) is 5.58 Å². The molecular weight excluding hydrogens is 326 g/mol. The molecule has 26 heavy (non-hydrogen) atoms. The van der Waals surface area contributed by atoms with Crippen molar-refractivity contribution in [2.45, 2.75) is 13.3 Å². The van der Waals surface area contributed by atoms with E-state index in [0.717, 1.165) is 27.3 Å². The first-order valence-electron chi connectivity index (χ1n) is 8.40. The Bertz CT molecular complexity index is 1140. The molecule has 1 aromatic heterocycles. The lowest BCUT2D eigenvalue weighted by molar-refractivity contribution is -0.115. The van der Waals surface area contributed by atoms with Crippen molar-refractivity contribution < 1.29 is 14.0 Å². The zero-order valence-corrected chi connectivity index (χ0v) is 14.3. The molecule has 0 bridgehead atoms. The van der Waals surface area contributed by atoms with Gasteiger partial charge in [-0.25, -0.2) is 0 Å². The predicted molar refractivity (Wildman–Crippen MR) is 103 cm³/mol. The van der Waals surface area contributed by atoms with Crippen LogP contribution in [-0.2, 0) is 11.2 Å². The van der Waals surface area contributed by atoms with Gasteiger partial charge in [0.15, 0.2) is 5.78 Å². The van der Waals surface area contributed by atoms with E-state index in [4.69, 9.17) is 4.42 Å². The fourth-order valence-corrected chi connectivity index (χ4v) is 3.20. The van der Waals surface area contributed by atoms with E-state index in [2.05, 4.69) is 5.32 Å². The highest BCUT2D eigenvalue weighted by Crippen LogP contribution is 2.30. The fourth-order valence-electron chi connectivity index (χ4n) is 3.20. The van der Waals surface area contributed by atoms with E-state index in [1.807, 2.05) is 36.4 Å². The molecule has 1 amide bonds. The van der Waals surface area contributed by atoms with Gasteiger partial charge in [0, 0.05) is 22.2 Å². The molecular formula is C22H17NO3. The van der Waals surface area contributed by atoms with Crippen LogP contribution in [-0.4, -0.2) is 11.7 Å². The van der Waals surface area contributed by atoms with Gasteiger partial charge in [-0.3, -0.25) is 9.59 Å². The lowest BCUT2D eigenvalue weighted by atomic mass is 10.0. The van der Waals surface area contributed by atoms with Crippen LogP contribution in [0.15, 0.2) is 71.3 Å². The minimum atomic E-state index is -0.152. The zero-order valence-electron chi connectivity index (χ0n) is 14.3. The van der Waals surface area contributed by atoms with E-state index in [1.165, 1.54) is 6.92 Å². The lowest BCUT2D eigenvalue weighted by Crippen LogP contribution is -2.14. The van der Waals surface area contributed by atoms with Crippen LogP contribution in [0.3, 0.4) is 0 Å². The second-order valence-corrected chi connectivity index (χ2v) is 6.28. The molecule has 3 aromatic carbocycles. The zero-order chi connectivity index (χ0) is 18.1. The number of benzene rings is 3. The number of Topliss-reactive ketones (excluding diaryl/α,β-unsaturated/α-hetero) is 1. The van der Waals surface area contributed by atoms with Gasteiger partial charge in [-0.1, -0.05) is 42.5 Å². The third-order valence-electron chi connectivity index (χ3n) is 4.44. The Hall–Kier alpha value is -3.40. The van der Waals surface area contributed by atoms with Crippen molar-refractivity contribution in [1.82, 2.24) is 0 Å². The van der Waals surface area contributed by atoms with E-state index in [1.54, 1.807) is 30.5 Å².